The molecule has 2 rings (SSSR count). The summed E-state index contributed by atoms with van der Waals surface area (Å²) in [7, 11) is 2.98. The van der Waals surface area contributed by atoms with Crippen molar-refractivity contribution in [1.82, 2.24) is 10.0 Å². The van der Waals surface area contributed by atoms with E-state index in [0.29, 0.717) is 10.7 Å². The molecule has 0 spiro atoms. The van der Waals surface area contributed by atoms with E-state index in [-0.39, 0.29) is 5.91 Å². The predicted molar refractivity (Wildman–Crippen MR) is 65.9 cm³/mol. The molecule has 1 heterocycles. The molecular weight excluding hydrogens is 240 g/mol. The van der Waals surface area contributed by atoms with Crippen LogP contribution in [0.5, 0.6) is 0 Å². The quantitative estimate of drug-likeness (QED) is 0.608. The first-order chi connectivity index (χ1) is 8.15. The van der Waals surface area contributed by atoms with Crippen molar-refractivity contribution in [2.75, 3.05) is 14.2 Å². The molecule has 0 fully saturated rings. The number of hydrogen-bond donors (Lipinski definition) is 0. The average molecular weight is 251 g/mol. The fourth-order valence-electron chi connectivity index (χ4n) is 1.58. The predicted octanol–water partition coefficient (Wildman–Crippen LogP) is 2.52. The molecule has 0 aliphatic rings. The Morgan fingerprint density at radius 1 is 1.35 bits per heavy atom. The Hall–Kier alpha value is -1.65. The Labute approximate surface area is 104 Å². The second-order valence-corrected chi connectivity index (χ2v) is 3.85. The maximum Gasteiger partial charge on any atom is 0.279 e. The molecule has 0 aliphatic carbocycles. The van der Waals surface area contributed by atoms with Gasteiger partial charge in [-0.3, -0.25) is 9.63 Å². The number of nitrogens with zero attached hydrogens (tertiary/aromatic N) is 2. The van der Waals surface area contributed by atoms with E-state index in [1.165, 1.54) is 13.3 Å². The van der Waals surface area contributed by atoms with Crippen LogP contribution in [0.1, 0.15) is 10.4 Å². The SMILES string of the molecule is CON(C)C(=O)c1cnc(Cl)c2ccccc12. The highest BCUT2D eigenvalue weighted by Gasteiger charge is 2.16. The van der Waals surface area contributed by atoms with Crippen LogP contribution in [0.4, 0.5) is 0 Å². The van der Waals surface area contributed by atoms with Gasteiger partial charge in [0.2, 0.25) is 0 Å². The van der Waals surface area contributed by atoms with Gasteiger partial charge in [0.15, 0.2) is 0 Å². The van der Waals surface area contributed by atoms with Crippen LogP contribution in [0.3, 0.4) is 0 Å². The molecule has 1 aromatic heterocycles. The normalized spacial score (nSPS) is 10.5. The summed E-state index contributed by atoms with van der Waals surface area (Å²) in [6.45, 7) is 0. The number of hydroxylamine groups is 2. The highest BCUT2D eigenvalue weighted by atomic mass is 35.5. The average Bonchev–Trinajstić information content (AvgIpc) is 2.38. The third kappa shape index (κ3) is 2.09. The van der Waals surface area contributed by atoms with Crippen LogP contribution in [0.15, 0.2) is 30.5 Å². The number of hydrogen-bond acceptors (Lipinski definition) is 3. The van der Waals surface area contributed by atoms with Gasteiger partial charge in [0.25, 0.3) is 5.91 Å². The van der Waals surface area contributed by atoms with E-state index in [1.54, 1.807) is 7.05 Å². The first-order valence-corrected chi connectivity index (χ1v) is 5.38. The third-order valence-electron chi connectivity index (χ3n) is 2.54. The number of amides is 1. The molecule has 0 unspecified atom stereocenters. The summed E-state index contributed by atoms with van der Waals surface area (Å²) in [5.74, 6) is -0.257. The van der Waals surface area contributed by atoms with Gasteiger partial charge in [-0.1, -0.05) is 35.9 Å². The topological polar surface area (TPSA) is 42.4 Å². The number of carbonyl (C=O) groups excluding carboxylic acids is 1. The maximum atomic E-state index is 12.0. The van der Waals surface area contributed by atoms with Gasteiger partial charge in [-0.05, 0) is 5.39 Å². The van der Waals surface area contributed by atoms with Gasteiger partial charge in [0, 0.05) is 18.6 Å². The number of rotatable bonds is 2. The summed E-state index contributed by atoms with van der Waals surface area (Å²) in [4.78, 5) is 20.9. The Balaban J connectivity index is 2.63. The highest BCUT2D eigenvalue weighted by Crippen LogP contribution is 2.24. The summed E-state index contributed by atoms with van der Waals surface area (Å²) in [6.07, 6.45) is 1.46. The lowest BCUT2D eigenvalue weighted by atomic mass is 10.1. The molecular formula is C12H11ClN2O2. The fourth-order valence-corrected chi connectivity index (χ4v) is 1.79. The zero-order valence-electron chi connectivity index (χ0n) is 9.48. The lowest BCUT2D eigenvalue weighted by molar-refractivity contribution is -0.0755. The molecule has 0 saturated heterocycles. The van der Waals surface area contributed by atoms with Gasteiger partial charge in [-0.2, -0.15) is 0 Å². The number of halogens is 1. The second kappa shape index (κ2) is 4.69. The van der Waals surface area contributed by atoms with E-state index in [0.717, 1.165) is 15.8 Å². The van der Waals surface area contributed by atoms with E-state index < -0.39 is 0 Å². The van der Waals surface area contributed by atoms with Crippen molar-refractivity contribution in [3.8, 4) is 0 Å². The summed E-state index contributed by atoms with van der Waals surface area (Å²) in [5, 5.41) is 3.06. The highest BCUT2D eigenvalue weighted by molar-refractivity contribution is 6.34. The molecule has 0 N–H and O–H groups in total. The molecule has 17 heavy (non-hydrogen) atoms. The van der Waals surface area contributed by atoms with Gasteiger partial charge in [-0.15, -0.1) is 0 Å². The summed E-state index contributed by atoms with van der Waals surface area (Å²) in [5.41, 5.74) is 0.467. The van der Waals surface area contributed by atoms with Crippen LogP contribution < -0.4 is 0 Å². The van der Waals surface area contributed by atoms with Crippen LogP contribution in [-0.2, 0) is 4.84 Å². The van der Waals surface area contributed by atoms with Gasteiger partial charge in [0.05, 0.1) is 12.7 Å². The molecule has 1 amide bonds. The van der Waals surface area contributed by atoms with E-state index in [1.807, 2.05) is 24.3 Å². The molecule has 88 valence electrons. The lowest BCUT2D eigenvalue weighted by Gasteiger charge is -2.14. The van der Waals surface area contributed by atoms with E-state index in [2.05, 4.69) is 4.98 Å². The molecule has 2 aromatic rings. The molecule has 5 heteroatoms. The smallest absolute Gasteiger partial charge is 0.274 e. The largest absolute Gasteiger partial charge is 0.279 e. The molecule has 0 atom stereocenters. The molecule has 0 bridgehead atoms. The zero-order chi connectivity index (χ0) is 12.4. The number of carbonyl (C=O) groups is 1. The summed E-state index contributed by atoms with van der Waals surface area (Å²) >= 11 is 5.98. The van der Waals surface area contributed by atoms with Crippen LogP contribution in [0, 0.1) is 0 Å². The van der Waals surface area contributed by atoms with Gasteiger partial charge < -0.3 is 0 Å². The molecule has 0 aliphatic heterocycles. The number of aromatic nitrogens is 1. The van der Waals surface area contributed by atoms with Crippen LogP contribution >= 0.6 is 11.6 Å². The lowest BCUT2D eigenvalue weighted by Crippen LogP contribution is -2.25. The Bertz CT molecular complexity index is 571. The Morgan fingerprint density at radius 2 is 2.00 bits per heavy atom. The monoisotopic (exact) mass is 250 g/mol. The molecule has 0 radical (unpaired) electrons. The number of benzene rings is 1. The Kier molecular flexibility index (Phi) is 3.26. The zero-order valence-corrected chi connectivity index (χ0v) is 10.2. The van der Waals surface area contributed by atoms with Crippen molar-refractivity contribution in [2.24, 2.45) is 0 Å². The van der Waals surface area contributed by atoms with Crippen molar-refractivity contribution in [2.45, 2.75) is 0 Å². The molecule has 1 aromatic carbocycles. The van der Waals surface area contributed by atoms with Crippen LogP contribution in [0.25, 0.3) is 10.8 Å². The van der Waals surface area contributed by atoms with E-state index in [9.17, 15) is 4.79 Å². The first kappa shape index (κ1) is 11.8. The van der Waals surface area contributed by atoms with E-state index >= 15 is 0 Å². The minimum Gasteiger partial charge on any atom is -0.274 e. The fraction of sp³-hybridized carbons (Fsp3) is 0.167. The van der Waals surface area contributed by atoms with Crippen LogP contribution in [-0.4, -0.2) is 30.1 Å². The Morgan fingerprint density at radius 3 is 2.65 bits per heavy atom. The maximum absolute atomic E-state index is 12.0. The summed E-state index contributed by atoms with van der Waals surface area (Å²) in [6, 6.07) is 7.36. The minimum absolute atomic E-state index is 0.257. The minimum atomic E-state index is -0.257. The summed E-state index contributed by atoms with van der Waals surface area (Å²) < 4.78 is 0. The second-order valence-electron chi connectivity index (χ2n) is 3.49. The van der Waals surface area contributed by atoms with Gasteiger partial charge >= 0.3 is 0 Å². The first-order valence-electron chi connectivity index (χ1n) is 5.00. The number of pyridine rings is 1. The van der Waals surface area contributed by atoms with Crippen molar-refractivity contribution >= 4 is 28.3 Å². The van der Waals surface area contributed by atoms with E-state index in [4.69, 9.17) is 16.4 Å². The molecule has 0 saturated carbocycles. The van der Waals surface area contributed by atoms with Crippen LogP contribution in [0.2, 0.25) is 5.15 Å². The van der Waals surface area contributed by atoms with Crippen molar-refractivity contribution in [3.05, 3.63) is 41.2 Å². The van der Waals surface area contributed by atoms with Gasteiger partial charge in [0.1, 0.15) is 5.15 Å². The van der Waals surface area contributed by atoms with Crippen molar-refractivity contribution < 1.29 is 9.63 Å². The number of fused-ring (bicyclic) bond motifs is 1. The third-order valence-corrected chi connectivity index (χ3v) is 2.84. The van der Waals surface area contributed by atoms with Crippen molar-refractivity contribution in [3.63, 3.8) is 0 Å². The standard InChI is InChI=1S/C12H11ClN2O2/c1-15(17-2)12(16)10-7-14-11(13)9-6-4-3-5-8(9)10/h3-7H,1-2H3. The van der Waals surface area contributed by atoms with Crippen molar-refractivity contribution in [1.29, 1.82) is 0 Å². The van der Waals surface area contributed by atoms with Gasteiger partial charge in [-0.25, -0.2) is 10.0 Å². The molecule has 4 nitrogen and oxygen atoms in total.